The van der Waals surface area contributed by atoms with Crippen molar-refractivity contribution in [3.8, 4) is 0 Å². The van der Waals surface area contributed by atoms with Crippen LogP contribution in [-0.2, 0) is 0 Å². The summed E-state index contributed by atoms with van der Waals surface area (Å²) in [5.74, 6) is 0.953. The van der Waals surface area contributed by atoms with E-state index in [9.17, 15) is 0 Å². The van der Waals surface area contributed by atoms with Gasteiger partial charge in [-0.2, -0.15) is 0 Å². The molecule has 2 unspecified atom stereocenters. The van der Waals surface area contributed by atoms with Crippen LogP contribution >= 0.6 is 0 Å². The Morgan fingerprint density at radius 3 is 2.53 bits per heavy atom. The quantitative estimate of drug-likeness (QED) is 0.700. The molecule has 1 heterocycles. The molecule has 2 fully saturated rings. The Balaban J connectivity index is 1.68. The summed E-state index contributed by atoms with van der Waals surface area (Å²) in [7, 11) is 0. The fourth-order valence-electron chi connectivity index (χ4n) is 2.98. The normalized spacial score (nSPS) is 32.6. The first-order valence-electron chi connectivity index (χ1n) is 6.86. The van der Waals surface area contributed by atoms with E-state index in [1.165, 1.54) is 64.7 Å². The Hall–Kier alpha value is -0.0800. The fraction of sp³-hybridized carbons (Fsp3) is 1.00. The Kier molecular flexibility index (Phi) is 4.45. The van der Waals surface area contributed by atoms with Crippen LogP contribution in [0.4, 0.5) is 0 Å². The van der Waals surface area contributed by atoms with E-state index in [4.69, 9.17) is 0 Å². The third-order valence-electron chi connectivity index (χ3n) is 4.07. The Bertz CT molecular complexity index is 175. The highest BCUT2D eigenvalue weighted by Gasteiger charge is 2.35. The minimum Gasteiger partial charge on any atom is -0.316 e. The van der Waals surface area contributed by atoms with Crippen LogP contribution in [0.1, 0.15) is 45.4 Å². The number of hydrogen-bond acceptors (Lipinski definition) is 2. The molecular weight excluding hydrogens is 184 g/mol. The molecule has 2 aliphatic rings. The van der Waals surface area contributed by atoms with E-state index in [-0.39, 0.29) is 0 Å². The van der Waals surface area contributed by atoms with Gasteiger partial charge in [0.15, 0.2) is 0 Å². The molecule has 2 heteroatoms. The third-order valence-corrected chi connectivity index (χ3v) is 4.07. The van der Waals surface area contributed by atoms with Crippen LogP contribution in [0.5, 0.6) is 0 Å². The van der Waals surface area contributed by atoms with E-state index >= 15 is 0 Å². The second-order valence-corrected chi connectivity index (χ2v) is 5.21. The maximum atomic E-state index is 3.58. The van der Waals surface area contributed by atoms with Crippen LogP contribution < -0.4 is 5.32 Å². The second kappa shape index (κ2) is 5.86. The van der Waals surface area contributed by atoms with E-state index in [1.54, 1.807) is 0 Å². The first kappa shape index (κ1) is 11.4. The molecule has 2 atom stereocenters. The van der Waals surface area contributed by atoms with Gasteiger partial charge in [-0.1, -0.05) is 13.3 Å². The summed E-state index contributed by atoms with van der Waals surface area (Å²) in [6.07, 6.45) is 8.51. The summed E-state index contributed by atoms with van der Waals surface area (Å²) in [5.41, 5.74) is 0. The molecular formula is C13H26N2. The standard InChI is InChI=1S/C13H26N2/c1-2-8-14-11-12-6-7-13(12)15-9-4-3-5-10-15/h12-14H,2-11H2,1H3. The molecule has 15 heavy (non-hydrogen) atoms. The molecule has 0 aromatic carbocycles. The smallest absolute Gasteiger partial charge is 0.0136 e. The first-order valence-corrected chi connectivity index (χ1v) is 6.86. The zero-order valence-corrected chi connectivity index (χ0v) is 10.2. The van der Waals surface area contributed by atoms with Crippen molar-refractivity contribution in [2.45, 2.75) is 51.5 Å². The lowest BCUT2D eigenvalue weighted by Crippen LogP contribution is -2.52. The predicted molar refractivity (Wildman–Crippen MR) is 65.1 cm³/mol. The highest BCUT2D eigenvalue weighted by molar-refractivity contribution is 4.90. The molecule has 1 aliphatic heterocycles. The minimum absolute atomic E-state index is 0.926. The lowest BCUT2D eigenvalue weighted by atomic mass is 9.77. The van der Waals surface area contributed by atoms with Crippen LogP contribution in [0, 0.1) is 5.92 Å². The molecule has 1 saturated carbocycles. The lowest BCUT2D eigenvalue weighted by Gasteiger charge is -2.46. The summed E-state index contributed by atoms with van der Waals surface area (Å²) >= 11 is 0. The van der Waals surface area contributed by atoms with E-state index in [2.05, 4.69) is 17.1 Å². The molecule has 1 aliphatic carbocycles. The van der Waals surface area contributed by atoms with Crippen LogP contribution in [-0.4, -0.2) is 37.1 Å². The van der Waals surface area contributed by atoms with Gasteiger partial charge in [0.25, 0.3) is 0 Å². The Morgan fingerprint density at radius 2 is 1.93 bits per heavy atom. The average Bonchev–Trinajstić information content (AvgIpc) is 2.24. The summed E-state index contributed by atoms with van der Waals surface area (Å²) in [5, 5.41) is 3.58. The highest BCUT2D eigenvalue weighted by Crippen LogP contribution is 2.33. The number of rotatable bonds is 5. The molecule has 88 valence electrons. The van der Waals surface area contributed by atoms with Crippen molar-refractivity contribution >= 4 is 0 Å². The van der Waals surface area contributed by atoms with Crippen molar-refractivity contribution in [2.75, 3.05) is 26.2 Å². The van der Waals surface area contributed by atoms with E-state index in [1.807, 2.05) is 0 Å². The van der Waals surface area contributed by atoms with Crippen LogP contribution in [0.25, 0.3) is 0 Å². The van der Waals surface area contributed by atoms with Crippen molar-refractivity contribution in [3.63, 3.8) is 0 Å². The molecule has 1 saturated heterocycles. The zero-order valence-electron chi connectivity index (χ0n) is 10.2. The molecule has 0 radical (unpaired) electrons. The average molecular weight is 210 g/mol. The van der Waals surface area contributed by atoms with Crippen LogP contribution in [0.15, 0.2) is 0 Å². The topological polar surface area (TPSA) is 15.3 Å². The molecule has 0 aromatic heterocycles. The monoisotopic (exact) mass is 210 g/mol. The minimum atomic E-state index is 0.926. The number of likely N-dealkylation sites (tertiary alicyclic amines) is 1. The maximum Gasteiger partial charge on any atom is 0.0136 e. The summed E-state index contributed by atoms with van der Waals surface area (Å²) in [6.45, 7) is 7.44. The largest absolute Gasteiger partial charge is 0.316 e. The van der Waals surface area contributed by atoms with Crippen LogP contribution in [0.2, 0.25) is 0 Å². The molecule has 1 N–H and O–H groups in total. The van der Waals surface area contributed by atoms with Gasteiger partial charge in [0.1, 0.15) is 0 Å². The number of hydrogen-bond donors (Lipinski definition) is 1. The Labute approximate surface area is 94.4 Å². The van der Waals surface area contributed by atoms with E-state index in [0.29, 0.717) is 0 Å². The molecule has 2 rings (SSSR count). The number of piperidine rings is 1. The van der Waals surface area contributed by atoms with Gasteiger partial charge in [0.05, 0.1) is 0 Å². The lowest BCUT2D eigenvalue weighted by molar-refractivity contribution is 0.0471. The van der Waals surface area contributed by atoms with Gasteiger partial charge in [0.2, 0.25) is 0 Å². The summed E-state index contributed by atoms with van der Waals surface area (Å²) in [6, 6.07) is 0.926. The SMILES string of the molecule is CCCNCC1CCC1N1CCCCC1. The Morgan fingerprint density at radius 1 is 1.13 bits per heavy atom. The third kappa shape index (κ3) is 2.94. The van der Waals surface area contributed by atoms with Gasteiger partial charge in [-0.25, -0.2) is 0 Å². The second-order valence-electron chi connectivity index (χ2n) is 5.21. The van der Waals surface area contributed by atoms with Gasteiger partial charge >= 0.3 is 0 Å². The summed E-state index contributed by atoms with van der Waals surface area (Å²) in [4.78, 5) is 2.76. The molecule has 0 bridgehead atoms. The van der Waals surface area contributed by atoms with Gasteiger partial charge in [-0.15, -0.1) is 0 Å². The van der Waals surface area contributed by atoms with Crippen LogP contribution in [0.3, 0.4) is 0 Å². The fourth-order valence-corrected chi connectivity index (χ4v) is 2.98. The zero-order chi connectivity index (χ0) is 10.5. The van der Waals surface area contributed by atoms with Gasteiger partial charge in [0, 0.05) is 6.04 Å². The highest BCUT2D eigenvalue weighted by atomic mass is 15.2. The number of nitrogens with one attached hydrogen (secondary N) is 1. The van der Waals surface area contributed by atoms with Crippen molar-refractivity contribution < 1.29 is 0 Å². The van der Waals surface area contributed by atoms with Crippen molar-refractivity contribution in [1.82, 2.24) is 10.2 Å². The van der Waals surface area contributed by atoms with E-state index < -0.39 is 0 Å². The molecule has 0 aromatic rings. The molecule has 0 amide bonds. The van der Waals surface area contributed by atoms with Crippen molar-refractivity contribution in [3.05, 3.63) is 0 Å². The van der Waals surface area contributed by atoms with Crippen molar-refractivity contribution in [1.29, 1.82) is 0 Å². The molecule has 0 spiro atoms. The predicted octanol–water partition coefficient (Wildman–Crippen LogP) is 2.25. The first-order chi connectivity index (χ1) is 7.42. The van der Waals surface area contributed by atoms with Gasteiger partial charge < -0.3 is 10.2 Å². The van der Waals surface area contributed by atoms with Crippen molar-refractivity contribution in [2.24, 2.45) is 5.92 Å². The van der Waals surface area contributed by atoms with E-state index in [0.717, 1.165) is 12.0 Å². The van der Waals surface area contributed by atoms with Gasteiger partial charge in [-0.05, 0) is 64.2 Å². The maximum absolute atomic E-state index is 3.58. The molecule has 2 nitrogen and oxygen atoms in total. The van der Waals surface area contributed by atoms with Gasteiger partial charge in [-0.3, -0.25) is 0 Å². The number of nitrogens with zero attached hydrogens (tertiary/aromatic N) is 1. The summed E-state index contributed by atoms with van der Waals surface area (Å²) < 4.78 is 0.